The Bertz CT molecular complexity index is 814. The van der Waals surface area contributed by atoms with E-state index in [0.717, 1.165) is 6.42 Å². The Morgan fingerprint density at radius 3 is 2.71 bits per heavy atom. The maximum absolute atomic E-state index is 12.7. The normalized spacial score (nSPS) is 12.0. The molecule has 0 fully saturated rings. The summed E-state index contributed by atoms with van der Waals surface area (Å²) in [6, 6.07) is 7.17. The predicted octanol–water partition coefficient (Wildman–Crippen LogP) is 3.10. The second-order valence-corrected chi connectivity index (χ2v) is 6.36. The lowest BCUT2D eigenvalue weighted by molar-refractivity contribution is -0.122. The number of hydrogen-bond donors (Lipinski definition) is 1. The maximum Gasteiger partial charge on any atom is 0.257 e. The molecule has 0 saturated carbocycles. The van der Waals surface area contributed by atoms with Gasteiger partial charge in [-0.25, -0.2) is 4.98 Å². The molecular weight excluding hydrogens is 326 g/mol. The monoisotopic (exact) mass is 347 g/mol. The van der Waals surface area contributed by atoms with Crippen molar-refractivity contribution in [3.8, 4) is 11.4 Å². The topological polar surface area (TPSA) is 64.0 Å². The standard InChI is InChI=1S/C18H22ClN3O2/c1-5-11(2)20-16(23)10-22-17(14-7-6-8-15(19)9-14)21-13(4)12(3)18(22)24/h6-9,11H,5,10H2,1-4H3,(H,20,23)/t11-/m0/s1. The molecule has 24 heavy (non-hydrogen) atoms. The van der Waals surface area contributed by atoms with E-state index in [1.54, 1.807) is 32.0 Å². The van der Waals surface area contributed by atoms with Crippen LogP contribution in [0, 0.1) is 13.8 Å². The van der Waals surface area contributed by atoms with E-state index in [4.69, 9.17) is 11.6 Å². The number of halogens is 1. The largest absolute Gasteiger partial charge is 0.352 e. The lowest BCUT2D eigenvalue weighted by Crippen LogP contribution is -2.38. The van der Waals surface area contributed by atoms with Gasteiger partial charge in [-0.1, -0.05) is 30.7 Å². The first-order valence-electron chi connectivity index (χ1n) is 7.96. The summed E-state index contributed by atoms with van der Waals surface area (Å²) < 4.78 is 1.41. The molecular formula is C18H22ClN3O2. The first-order valence-corrected chi connectivity index (χ1v) is 8.34. The smallest absolute Gasteiger partial charge is 0.257 e. The molecule has 5 nitrogen and oxygen atoms in total. The van der Waals surface area contributed by atoms with Crippen LogP contribution in [0.3, 0.4) is 0 Å². The number of nitrogens with one attached hydrogen (secondary N) is 1. The van der Waals surface area contributed by atoms with Crippen LogP contribution in [-0.4, -0.2) is 21.5 Å². The van der Waals surface area contributed by atoms with Gasteiger partial charge >= 0.3 is 0 Å². The lowest BCUT2D eigenvalue weighted by Gasteiger charge is -2.16. The van der Waals surface area contributed by atoms with Crippen molar-refractivity contribution < 1.29 is 4.79 Å². The molecule has 2 rings (SSSR count). The third-order valence-electron chi connectivity index (χ3n) is 4.04. The van der Waals surface area contributed by atoms with E-state index in [2.05, 4.69) is 10.3 Å². The fraction of sp³-hybridized carbons (Fsp3) is 0.389. The van der Waals surface area contributed by atoms with Crippen LogP contribution in [0.15, 0.2) is 29.1 Å². The summed E-state index contributed by atoms with van der Waals surface area (Å²) >= 11 is 6.06. The second-order valence-electron chi connectivity index (χ2n) is 5.92. The van der Waals surface area contributed by atoms with Crippen molar-refractivity contribution in [3.63, 3.8) is 0 Å². The SMILES string of the molecule is CC[C@H](C)NC(=O)Cn1c(-c2cccc(Cl)c2)nc(C)c(C)c1=O. The van der Waals surface area contributed by atoms with Gasteiger partial charge in [0.1, 0.15) is 12.4 Å². The van der Waals surface area contributed by atoms with Gasteiger partial charge in [-0.2, -0.15) is 0 Å². The van der Waals surface area contributed by atoms with Gasteiger partial charge in [0, 0.05) is 27.9 Å². The first-order chi connectivity index (χ1) is 11.3. The minimum absolute atomic E-state index is 0.0577. The lowest BCUT2D eigenvalue weighted by atomic mass is 10.1. The van der Waals surface area contributed by atoms with Crippen LogP contribution in [0.5, 0.6) is 0 Å². The molecule has 1 N–H and O–H groups in total. The van der Waals surface area contributed by atoms with E-state index in [0.29, 0.717) is 27.7 Å². The average Bonchev–Trinajstić information content (AvgIpc) is 2.55. The summed E-state index contributed by atoms with van der Waals surface area (Å²) in [5, 5.41) is 3.43. The summed E-state index contributed by atoms with van der Waals surface area (Å²) in [5.41, 5.74) is 1.68. The number of amides is 1. The van der Waals surface area contributed by atoms with Crippen LogP contribution in [0.1, 0.15) is 31.5 Å². The number of nitrogens with zero attached hydrogens (tertiary/aromatic N) is 2. The first kappa shape index (κ1) is 18.2. The molecule has 1 amide bonds. The van der Waals surface area contributed by atoms with E-state index in [-0.39, 0.29) is 24.1 Å². The summed E-state index contributed by atoms with van der Waals surface area (Å²) in [6.07, 6.45) is 0.826. The molecule has 0 aliphatic carbocycles. The third-order valence-corrected chi connectivity index (χ3v) is 4.28. The van der Waals surface area contributed by atoms with Crippen molar-refractivity contribution in [1.82, 2.24) is 14.9 Å². The molecule has 0 saturated heterocycles. The summed E-state index contributed by atoms with van der Waals surface area (Å²) in [5.74, 6) is 0.240. The van der Waals surface area contributed by atoms with Crippen LogP contribution in [-0.2, 0) is 11.3 Å². The molecule has 1 heterocycles. The quantitative estimate of drug-likeness (QED) is 0.903. The highest BCUT2D eigenvalue weighted by atomic mass is 35.5. The Balaban J connectivity index is 2.51. The van der Waals surface area contributed by atoms with E-state index >= 15 is 0 Å². The number of aromatic nitrogens is 2. The zero-order chi connectivity index (χ0) is 17.9. The van der Waals surface area contributed by atoms with Gasteiger partial charge in [-0.05, 0) is 39.3 Å². The van der Waals surface area contributed by atoms with Crippen LogP contribution in [0.2, 0.25) is 5.02 Å². The number of carbonyl (C=O) groups is 1. The van der Waals surface area contributed by atoms with Crippen molar-refractivity contribution in [1.29, 1.82) is 0 Å². The highest BCUT2D eigenvalue weighted by Crippen LogP contribution is 2.21. The molecule has 2 aromatic rings. The van der Waals surface area contributed by atoms with Crippen molar-refractivity contribution in [2.45, 2.75) is 46.7 Å². The summed E-state index contributed by atoms with van der Waals surface area (Å²) in [4.78, 5) is 29.4. The number of aryl methyl sites for hydroxylation is 1. The molecule has 1 aromatic carbocycles. The minimum atomic E-state index is -0.211. The molecule has 128 valence electrons. The summed E-state index contributed by atoms with van der Waals surface area (Å²) in [7, 11) is 0. The maximum atomic E-state index is 12.7. The van der Waals surface area contributed by atoms with Crippen LogP contribution < -0.4 is 10.9 Å². The van der Waals surface area contributed by atoms with Crippen molar-refractivity contribution in [2.75, 3.05) is 0 Å². The van der Waals surface area contributed by atoms with E-state index < -0.39 is 0 Å². The Hall–Kier alpha value is -2.14. The molecule has 6 heteroatoms. The predicted molar refractivity (Wildman–Crippen MR) is 96.3 cm³/mol. The van der Waals surface area contributed by atoms with Crippen LogP contribution in [0.25, 0.3) is 11.4 Å². The third kappa shape index (κ3) is 4.03. The highest BCUT2D eigenvalue weighted by molar-refractivity contribution is 6.30. The van der Waals surface area contributed by atoms with E-state index in [1.165, 1.54) is 4.57 Å². The van der Waals surface area contributed by atoms with Gasteiger partial charge in [0.05, 0.1) is 0 Å². The summed E-state index contributed by atoms with van der Waals surface area (Å²) in [6.45, 7) is 7.35. The molecule has 0 spiro atoms. The molecule has 0 bridgehead atoms. The fourth-order valence-electron chi connectivity index (χ4n) is 2.32. The van der Waals surface area contributed by atoms with Crippen LogP contribution in [0.4, 0.5) is 0 Å². The second kappa shape index (κ2) is 7.62. The molecule has 0 aliphatic rings. The van der Waals surface area contributed by atoms with Gasteiger partial charge in [-0.3, -0.25) is 14.2 Å². The van der Waals surface area contributed by atoms with Crippen molar-refractivity contribution in [3.05, 3.63) is 50.9 Å². The molecule has 0 unspecified atom stereocenters. The van der Waals surface area contributed by atoms with Crippen LogP contribution >= 0.6 is 11.6 Å². The Morgan fingerprint density at radius 2 is 2.08 bits per heavy atom. The van der Waals surface area contributed by atoms with E-state index in [9.17, 15) is 9.59 Å². The van der Waals surface area contributed by atoms with Gasteiger partial charge in [0.2, 0.25) is 5.91 Å². The van der Waals surface area contributed by atoms with Gasteiger partial charge < -0.3 is 5.32 Å². The number of benzene rings is 1. The number of carbonyl (C=O) groups excluding carboxylic acids is 1. The molecule has 0 aliphatic heterocycles. The Morgan fingerprint density at radius 1 is 1.38 bits per heavy atom. The molecule has 0 radical (unpaired) electrons. The number of rotatable bonds is 5. The number of hydrogen-bond acceptors (Lipinski definition) is 3. The average molecular weight is 348 g/mol. The van der Waals surface area contributed by atoms with Gasteiger partial charge in [0.25, 0.3) is 5.56 Å². The zero-order valence-electron chi connectivity index (χ0n) is 14.4. The Kier molecular flexibility index (Phi) is 5.78. The molecule has 1 aromatic heterocycles. The van der Waals surface area contributed by atoms with Crippen molar-refractivity contribution in [2.24, 2.45) is 0 Å². The zero-order valence-corrected chi connectivity index (χ0v) is 15.1. The van der Waals surface area contributed by atoms with E-state index in [1.807, 2.05) is 19.9 Å². The fourth-order valence-corrected chi connectivity index (χ4v) is 2.51. The van der Waals surface area contributed by atoms with Gasteiger partial charge in [-0.15, -0.1) is 0 Å². The molecule has 1 atom stereocenters. The highest BCUT2D eigenvalue weighted by Gasteiger charge is 2.16. The minimum Gasteiger partial charge on any atom is -0.352 e. The van der Waals surface area contributed by atoms with Gasteiger partial charge in [0.15, 0.2) is 0 Å². The van der Waals surface area contributed by atoms with Crippen molar-refractivity contribution >= 4 is 17.5 Å². The Labute approximate surface area is 146 Å².